The maximum atomic E-state index is 13.0. The Morgan fingerprint density at radius 2 is 2.11 bits per heavy atom. The molecule has 2 N–H and O–H groups in total. The first-order valence-electron chi connectivity index (χ1n) is 9.63. The number of benzene rings is 1. The highest BCUT2D eigenvalue weighted by Gasteiger charge is 2.66. The first-order valence-corrected chi connectivity index (χ1v) is 9.63. The van der Waals surface area contributed by atoms with Crippen molar-refractivity contribution in [3.63, 3.8) is 0 Å². The van der Waals surface area contributed by atoms with Gasteiger partial charge in [0.25, 0.3) is 0 Å². The summed E-state index contributed by atoms with van der Waals surface area (Å²) in [5.41, 5.74) is 0.328. The molecule has 2 saturated carbocycles. The predicted molar refractivity (Wildman–Crippen MR) is 114 cm³/mol. The number of fused-ring (bicyclic) bond motifs is 2. The monoisotopic (exact) mass is 489 g/mol. The van der Waals surface area contributed by atoms with Crippen molar-refractivity contribution >= 4 is 29.9 Å². The maximum absolute atomic E-state index is 13.0. The molecule has 4 rings (SSSR count). The fourth-order valence-electron chi connectivity index (χ4n) is 4.83. The van der Waals surface area contributed by atoms with E-state index in [1.165, 1.54) is 31.4 Å². The lowest BCUT2D eigenvalue weighted by molar-refractivity contribution is -0.171. The van der Waals surface area contributed by atoms with E-state index in [0.717, 1.165) is 19.0 Å². The zero-order valence-electron chi connectivity index (χ0n) is 15.9. The number of nitrogens with one attached hydrogen (secondary N) is 2. The van der Waals surface area contributed by atoms with Crippen LogP contribution < -0.4 is 15.4 Å². The minimum absolute atomic E-state index is 0. The highest BCUT2D eigenvalue weighted by Crippen LogP contribution is 2.62. The van der Waals surface area contributed by atoms with Gasteiger partial charge >= 0.3 is 0 Å². The Morgan fingerprint density at radius 1 is 1.37 bits per heavy atom. The molecule has 0 amide bonds. The van der Waals surface area contributed by atoms with E-state index in [4.69, 9.17) is 9.47 Å². The van der Waals surface area contributed by atoms with Crippen LogP contribution in [0.3, 0.4) is 0 Å². The van der Waals surface area contributed by atoms with E-state index >= 15 is 0 Å². The van der Waals surface area contributed by atoms with Crippen LogP contribution in [-0.2, 0) is 4.74 Å². The largest absolute Gasteiger partial charge is 0.489 e. The average molecular weight is 489 g/mol. The van der Waals surface area contributed by atoms with Crippen molar-refractivity contribution in [1.29, 1.82) is 0 Å². The van der Waals surface area contributed by atoms with Gasteiger partial charge in [0.15, 0.2) is 5.96 Å². The van der Waals surface area contributed by atoms with E-state index in [0.29, 0.717) is 35.8 Å². The molecule has 0 bridgehead atoms. The standard InChI is InChI=1S/C20H28FN3O2.HI/c1-13(26-15-6-4-14(21)5-7-15)12-23-19(22-2)24-17-16-8-11-25-18(16)20(17)9-3-10-20;/h4-7,13,16-18H,3,8-12H2,1-2H3,(H2,22,23,24);1H. The highest BCUT2D eigenvalue weighted by atomic mass is 127. The number of hydrogen-bond acceptors (Lipinski definition) is 3. The molecule has 1 saturated heterocycles. The van der Waals surface area contributed by atoms with E-state index in [2.05, 4.69) is 15.6 Å². The normalized spacial score (nSPS) is 29.0. The second-order valence-corrected chi connectivity index (χ2v) is 7.79. The summed E-state index contributed by atoms with van der Waals surface area (Å²) in [6, 6.07) is 6.57. The summed E-state index contributed by atoms with van der Waals surface area (Å²) >= 11 is 0. The van der Waals surface area contributed by atoms with E-state index in [1.54, 1.807) is 19.2 Å². The van der Waals surface area contributed by atoms with Gasteiger partial charge in [-0.2, -0.15) is 0 Å². The van der Waals surface area contributed by atoms with Gasteiger partial charge in [0, 0.05) is 31.0 Å². The molecule has 4 unspecified atom stereocenters. The van der Waals surface area contributed by atoms with Gasteiger partial charge in [0.1, 0.15) is 17.7 Å². The summed E-state index contributed by atoms with van der Waals surface area (Å²) < 4.78 is 24.8. The molecule has 1 aromatic carbocycles. The van der Waals surface area contributed by atoms with Crippen LogP contribution in [0.4, 0.5) is 4.39 Å². The molecule has 1 spiro atoms. The predicted octanol–water partition coefficient (Wildman–Crippen LogP) is 3.33. The molecule has 1 heterocycles. The first kappa shape index (κ1) is 20.6. The van der Waals surface area contributed by atoms with Crippen LogP contribution in [0, 0.1) is 17.2 Å². The average Bonchev–Trinajstić information content (AvgIpc) is 3.01. The van der Waals surface area contributed by atoms with Crippen LogP contribution in [0.5, 0.6) is 5.75 Å². The van der Waals surface area contributed by atoms with Gasteiger partial charge in [0.05, 0.1) is 12.6 Å². The molecule has 3 aliphatic rings. The Balaban J connectivity index is 0.00000210. The fraction of sp³-hybridized carbons (Fsp3) is 0.650. The Morgan fingerprint density at radius 3 is 2.74 bits per heavy atom. The summed E-state index contributed by atoms with van der Waals surface area (Å²) in [6.07, 6.45) is 5.36. The topological polar surface area (TPSA) is 54.9 Å². The molecule has 150 valence electrons. The van der Waals surface area contributed by atoms with Crippen molar-refractivity contribution < 1.29 is 13.9 Å². The van der Waals surface area contributed by atoms with E-state index in [1.807, 2.05) is 6.92 Å². The minimum atomic E-state index is -0.257. The summed E-state index contributed by atoms with van der Waals surface area (Å²) in [5.74, 6) is 1.84. The fourth-order valence-corrected chi connectivity index (χ4v) is 4.83. The molecule has 1 aromatic rings. The number of hydrogen-bond donors (Lipinski definition) is 2. The smallest absolute Gasteiger partial charge is 0.191 e. The lowest BCUT2D eigenvalue weighted by Gasteiger charge is -2.63. The molecule has 4 atom stereocenters. The third kappa shape index (κ3) is 3.90. The van der Waals surface area contributed by atoms with Crippen LogP contribution in [-0.4, -0.2) is 44.4 Å². The molecule has 5 nitrogen and oxygen atoms in total. The minimum Gasteiger partial charge on any atom is -0.489 e. The van der Waals surface area contributed by atoms with Gasteiger partial charge < -0.3 is 20.1 Å². The second kappa shape index (κ2) is 8.51. The van der Waals surface area contributed by atoms with E-state index < -0.39 is 0 Å². The number of nitrogens with zero attached hydrogens (tertiary/aromatic N) is 1. The summed E-state index contributed by atoms with van der Waals surface area (Å²) in [7, 11) is 1.80. The van der Waals surface area contributed by atoms with Crippen LogP contribution >= 0.6 is 24.0 Å². The molecule has 1 aliphatic heterocycles. The lowest BCUT2D eigenvalue weighted by Crippen LogP contribution is -2.72. The van der Waals surface area contributed by atoms with Crippen molar-refractivity contribution in [3.8, 4) is 5.75 Å². The molecular formula is C20H29FIN3O2. The Labute approximate surface area is 177 Å². The van der Waals surface area contributed by atoms with Gasteiger partial charge in [-0.05, 0) is 50.5 Å². The van der Waals surface area contributed by atoms with Crippen molar-refractivity contribution in [2.45, 2.75) is 50.9 Å². The number of ether oxygens (including phenoxy) is 2. The Hall–Kier alpha value is -1.09. The lowest BCUT2D eigenvalue weighted by atomic mass is 9.46. The third-order valence-electron chi connectivity index (χ3n) is 6.26. The molecule has 2 aliphatic carbocycles. The van der Waals surface area contributed by atoms with Crippen molar-refractivity contribution in [2.75, 3.05) is 20.2 Å². The van der Waals surface area contributed by atoms with Gasteiger partial charge in [-0.1, -0.05) is 6.42 Å². The molecular weight excluding hydrogens is 460 g/mol. The third-order valence-corrected chi connectivity index (χ3v) is 6.26. The molecule has 0 aromatic heterocycles. The van der Waals surface area contributed by atoms with E-state index in [9.17, 15) is 4.39 Å². The number of halogens is 2. The zero-order chi connectivity index (χ0) is 18.1. The summed E-state index contributed by atoms with van der Waals surface area (Å²) in [4.78, 5) is 4.39. The van der Waals surface area contributed by atoms with Gasteiger partial charge in [-0.25, -0.2) is 4.39 Å². The Bertz CT molecular complexity index is 666. The van der Waals surface area contributed by atoms with Crippen molar-refractivity contribution in [1.82, 2.24) is 10.6 Å². The maximum Gasteiger partial charge on any atom is 0.191 e. The number of aliphatic imine (C=N–C) groups is 1. The second-order valence-electron chi connectivity index (χ2n) is 7.79. The van der Waals surface area contributed by atoms with Crippen LogP contribution in [0.15, 0.2) is 29.3 Å². The summed E-state index contributed by atoms with van der Waals surface area (Å²) in [6.45, 7) is 3.51. The van der Waals surface area contributed by atoms with E-state index in [-0.39, 0.29) is 35.9 Å². The van der Waals surface area contributed by atoms with Gasteiger partial charge in [0.2, 0.25) is 0 Å². The van der Waals surface area contributed by atoms with Crippen molar-refractivity contribution in [3.05, 3.63) is 30.1 Å². The number of rotatable bonds is 5. The van der Waals surface area contributed by atoms with Crippen LogP contribution in [0.2, 0.25) is 0 Å². The molecule has 27 heavy (non-hydrogen) atoms. The molecule has 7 heteroatoms. The number of guanidine groups is 1. The zero-order valence-corrected chi connectivity index (χ0v) is 18.2. The van der Waals surface area contributed by atoms with Gasteiger partial charge in [-0.15, -0.1) is 24.0 Å². The highest BCUT2D eigenvalue weighted by molar-refractivity contribution is 14.0. The quantitative estimate of drug-likeness (QED) is 0.379. The van der Waals surface area contributed by atoms with Crippen LogP contribution in [0.25, 0.3) is 0 Å². The first-order chi connectivity index (χ1) is 12.6. The summed E-state index contributed by atoms with van der Waals surface area (Å²) in [5, 5.41) is 7.01. The molecule has 3 fully saturated rings. The molecule has 0 radical (unpaired) electrons. The van der Waals surface area contributed by atoms with Gasteiger partial charge in [-0.3, -0.25) is 4.99 Å². The van der Waals surface area contributed by atoms with Crippen molar-refractivity contribution in [2.24, 2.45) is 16.3 Å². The van der Waals surface area contributed by atoms with Crippen LogP contribution in [0.1, 0.15) is 32.6 Å². The SMILES string of the molecule is CN=C(NCC(C)Oc1ccc(F)cc1)NC1C2CCOC2C12CCC2.I. The Kier molecular flexibility index (Phi) is 6.50.